The molecule has 142 valence electrons. The maximum Gasteiger partial charge on any atom is 0.320 e. The first-order chi connectivity index (χ1) is 13.2. The van der Waals surface area contributed by atoms with Crippen molar-refractivity contribution in [3.8, 4) is 5.75 Å². The molecule has 0 saturated carbocycles. The molecule has 2 saturated heterocycles. The molecular weight excluding hydrogens is 406 g/mol. The van der Waals surface area contributed by atoms with Crippen LogP contribution >= 0.6 is 15.9 Å². The van der Waals surface area contributed by atoms with E-state index in [1.54, 1.807) is 0 Å². The molecule has 0 radical (unpaired) electrons. The summed E-state index contributed by atoms with van der Waals surface area (Å²) in [5.74, 6) is 0.852. The minimum atomic E-state index is 0.0921. The molecule has 2 aliphatic heterocycles. The molecule has 0 aromatic heterocycles. The standard InChI is InChI=1S/C21H24BrN3O2/c22-18-6-8-19(9-7-18)27-20-15-25(16-20)21(26)24-12-10-23(11-13-24)14-17-4-2-1-3-5-17/h1-9,20H,10-16H2. The van der Waals surface area contributed by atoms with Crippen LogP contribution in [0.3, 0.4) is 0 Å². The largest absolute Gasteiger partial charge is 0.487 e. The summed E-state index contributed by atoms with van der Waals surface area (Å²) in [7, 11) is 0. The van der Waals surface area contributed by atoms with E-state index < -0.39 is 0 Å². The molecule has 2 aromatic carbocycles. The Bertz CT molecular complexity index is 755. The molecule has 2 aromatic rings. The number of amides is 2. The van der Waals surface area contributed by atoms with Gasteiger partial charge in [-0.05, 0) is 29.8 Å². The van der Waals surface area contributed by atoms with Crippen molar-refractivity contribution in [2.24, 2.45) is 0 Å². The van der Waals surface area contributed by atoms with E-state index in [0.717, 1.165) is 42.9 Å². The number of likely N-dealkylation sites (tertiary alicyclic amines) is 1. The van der Waals surface area contributed by atoms with Gasteiger partial charge >= 0.3 is 6.03 Å². The highest BCUT2D eigenvalue weighted by molar-refractivity contribution is 9.10. The van der Waals surface area contributed by atoms with E-state index in [-0.39, 0.29) is 12.1 Å². The van der Waals surface area contributed by atoms with Crippen LogP contribution in [0.5, 0.6) is 5.75 Å². The smallest absolute Gasteiger partial charge is 0.320 e. The third-order valence-electron chi connectivity index (χ3n) is 5.13. The first kappa shape index (κ1) is 18.3. The number of nitrogens with zero attached hydrogens (tertiary/aromatic N) is 3. The molecule has 0 unspecified atom stereocenters. The fourth-order valence-electron chi connectivity index (χ4n) is 3.51. The van der Waals surface area contributed by atoms with Gasteiger partial charge in [-0.3, -0.25) is 4.90 Å². The average Bonchev–Trinajstić information content (AvgIpc) is 2.67. The number of rotatable bonds is 4. The maximum atomic E-state index is 12.7. The molecule has 6 heteroatoms. The van der Waals surface area contributed by atoms with Crippen LogP contribution in [0.25, 0.3) is 0 Å². The number of benzene rings is 2. The predicted octanol–water partition coefficient (Wildman–Crippen LogP) is 3.45. The van der Waals surface area contributed by atoms with Crippen LogP contribution in [0.1, 0.15) is 5.56 Å². The van der Waals surface area contributed by atoms with Gasteiger partial charge in [0.15, 0.2) is 0 Å². The van der Waals surface area contributed by atoms with Crippen LogP contribution in [0.2, 0.25) is 0 Å². The van der Waals surface area contributed by atoms with Crippen molar-refractivity contribution in [3.05, 3.63) is 64.6 Å². The zero-order valence-corrected chi connectivity index (χ0v) is 16.8. The zero-order valence-electron chi connectivity index (χ0n) is 15.3. The Labute approximate surface area is 168 Å². The molecule has 27 heavy (non-hydrogen) atoms. The lowest BCUT2D eigenvalue weighted by Crippen LogP contribution is -2.61. The van der Waals surface area contributed by atoms with Crippen molar-refractivity contribution in [1.82, 2.24) is 14.7 Å². The van der Waals surface area contributed by atoms with E-state index in [2.05, 4.69) is 45.1 Å². The van der Waals surface area contributed by atoms with Gasteiger partial charge in [-0.15, -0.1) is 0 Å². The second-order valence-electron chi connectivity index (χ2n) is 7.13. The molecule has 2 aliphatic rings. The van der Waals surface area contributed by atoms with Gasteiger partial charge in [0, 0.05) is 37.2 Å². The van der Waals surface area contributed by atoms with E-state index >= 15 is 0 Å². The average molecular weight is 430 g/mol. The Morgan fingerprint density at radius 3 is 2.26 bits per heavy atom. The van der Waals surface area contributed by atoms with Gasteiger partial charge < -0.3 is 14.5 Å². The van der Waals surface area contributed by atoms with Gasteiger partial charge in [-0.2, -0.15) is 0 Å². The highest BCUT2D eigenvalue weighted by atomic mass is 79.9. The van der Waals surface area contributed by atoms with Crippen molar-refractivity contribution in [2.75, 3.05) is 39.3 Å². The molecule has 0 bridgehead atoms. The van der Waals surface area contributed by atoms with Crippen molar-refractivity contribution >= 4 is 22.0 Å². The molecule has 2 amide bonds. The number of urea groups is 1. The second kappa shape index (κ2) is 8.31. The summed E-state index contributed by atoms with van der Waals surface area (Å²) >= 11 is 3.42. The summed E-state index contributed by atoms with van der Waals surface area (Å²) in [6.45, 7) is 5.72. The summed E-state index contributed by atoms with van der Waals surface area (Å²) in [6, 6.07) is 18.5. The number of piperazine rings is 1. The number of carbonyl (C=O) groups excluding carboxylic acids is 1. The van der Waals surface area contributed by atoms with E-state index in [1.165, 1.54) is 5.56 Å². The van der Waals surface area contributed by atoms with Crippen molar-refractivity contribution in [3.63, 3.8) is 0 Å². The Morgan fingerprint density at radius 2 is 1.59 bits per heavy atom. The fraction of sp³-hybridized carbons (Fsp3) is 0.381. The minimum absolute atomic E-state index is 0.0921. The van der Waals surface area contributed by atoms with Gasteiger partial charge in [-0.1, -0.05) is 46.3 Å². The highest BCUT2D eigenvalue weighted by Crippen LogP contribution is 2.22. The first-order valence-electron chi connectivity index (χ1n) is 9.40. The van der Waals surface area contributed by atoms with Crippen LogP contribution in [0, 0.1) is 0 Å². The molecular formula is C21H24BrN3O2. The van der Waals surface area contributed by atoms with Crippen molar-refractivity contribution < 1.29 is 9.53 Å². The predicted molar refractivity (Wildman–Crippen MR) is 109 cm³/mol. The summed E-state index contributed by atoms with van der Waals surface area (Å²) < 4.78 is 6.95. The topological polar surface area (TPSA) is 36.0 Å². The van der Waals surface area contributed by atoms with Crippen LogP contribution < -0.4 is 4.74 Å². The van der Waals surface area contributed by atoms with E-state index in [9.17, 15) is 4.79 Å². The molecule has 0 N–H and O–H groups in total. The van der Waals surface area contributed by atoms with E-state index in [0.29, 0.717) is 13.1 Å². The Kier molecular flexibility index (Phi) is 5.64. The summed E-state index contributed by atoms with van der Waals surface area (Å²) in [5.41, 5.74) is 1.33. The van der Waals surface area contributed by atoms with Gasteiger partial charge in [0.1, 0.15) is 11.9 Å². The third-order valence-corrected chi connectivity index (χ3v) is 5.66. The lowest BCUT2D eigenvalue weighted by atomic mass is 10.1. The van der Waals surface area contributed by atoms with E-state index in [4.69, 9.17) is 4.74 Å². The number of ether oxygens (including phenoxy) is 1. The SMILES string of the molecule is O=C(N1CCN(Cc2ccccc2)CC1)N1CC(Oc2ccc(Br)cc2)C1. The molecule has 0 atom stereocenters. The van der Waals surface area contributed by atoms with Crippen LogP contribution in [-0.4, -0.2) is 66.1 Å². The van der Waals surface area contributed by atoms with Crippen molar-refractivity contribution in [2.45, 2.75) is 12.6 Å². The van der Waals surface area contributed by atoms with Crippen LogP contribution in [0.15, 0.2) is 59.1 Å². The third kappa shape index (κ3) is 4.62. The van der Waals surface area contributed by atoms with Crippen molar-refractivity contribution in [1.29, 1.82) is 0 Å². The minimum Gasteiger partial charge on any atom is -0.487 e. The monoisotopic (exact) mass is 429 g/mol. The summed E-state index contributed by atoms with van der Waals surface area (Å²) in [6.07, 6.45) is 0.0921. The molecule has 2 fully saturated rings. The zero-order chi connectivity index (χ0) is 18.6. The second-order valence-corrected chi connectivity index (χ2v) is 8.05. The maximum absolute atomic E-state index is 12.7. The quantitative estimate of drug-likeness (QED) is 0.746. The number of hydrogen-bond donors (Lipinski definition) is 0. The lowest BCUT2D eigenvalue weighted by molar-refractivity contribution is 0.0240. The normalized spacial score (nSPS) is 18.3. The van der Waals surface area contributed by atoms with Gasteiger partial charge in [-0.25, -0.2) is 4.79 Å². The fourth-order valence-corrected chi connectivity index (χ4v) is 3.78. The van der Waals surface area contributed by atoms with Gasteiger partial charge in [0.05, 0.1) is 13.1 Å². The Hall–Kier alpha value is -2.05. The molecule has 2 heterocycles. The highest BCUT2D eigenvalue weighted by Gasteiger charge is 2.35. The first-order valence-corrected chi connectivity index (χ1v) is 10.2. The molecule has 4 rings (SSSR count). The van der Waals surface area contributed by atoms with Gasteiger partial charge in [0.25, 0.3) is 0 Å². The lowest BCUT2D eigenvalue weighted by Gasteiger charge is -2.43. The van der Waals surface area contributed by atoms with Crippen LogP contribution in [0.4, 0.5) is 4.79 Å². The molecule has 0 spiro atoms. The summed E-state index contributed by atoms with van der Waals surface area (Å²) in [5, 5.41) is 0. The van der Waals surface area contributed by atoms with Gasteiger partial charge in [0.2, 0.25) is 0 Å². The Morgan fingerprint density at radius 1 is 0.926 bits per heavy atom. The number of halogens is 1. The molecule has 0 aliphatic carbocycles. The number of carbonyl (C=O) groups is 1. The van der Waals surface area contributed by atoms with E-state index in [1.807, 2.05) is 40.1 Å². The summed E-state index contributed by atoms with van der Waals surface area (Å²) in [4.78, 5) is 18.9. The Balaban J connectivity index is 1.20. The van der Waals surface area contributed by atoms with Crippen LogP contribution in [-0.2, 0) is 6.54 Å². The molecule has 5 nitrogen and oxygen atoms in total. The number of hydrogen-bond acceptors (Lipinski definition) is 3.